The van der Waals surface area contributed by atoms with E-state index in [0.29, 0.717) is 6.54 Å². The minimum Gasteiger partial charge on any atom is -0.468 e. The fraction of sp³-hybridized carbons (Fsp3) is 0.500. The van der Waals surface area contributed by atoms with Crippen LogP contribution in [0.1, 0.15) is 18.4 Å². The fourth-order valence-electron chi connectivity index (χ4n) is 1.12. The normalized spacial score (nSPS) is 12.2. The van der Waals surface area contributed by atoms with E-state index in [1.54, 1.807) is 13.1 Å². The van der Waals surface area contributed by atoms with Crippen LogP contribution in [-0.2, 0) is 16.1 Å². The standard InChI is InChI=1S/C10H15N3O2/c1-7(10(14)15-3)12-6-9-4-5-11-8(2)13-9/h4-5,7,12H,6H2,1-3H3. The van der Waals surface area contributed by atoms with Crippen LogP contribution < -0.4 is 5.32 Å². The highest BCUT2D eigenvalue weighted by molar-refractivity contribution is 5.74. The average Bonchev–Trinajstić information content (AvgIpc) is 2.25. The monoisotopic (exact) mass is 209 g/mol. The quantitative estimate of drug-likeness (QED) is 0.729. The van der Waals surface area contributed by atoms with E-state index in [9.17, 15) is 4.79 Å². The van der Waals surface area contributed by atoms with Crippen LogP contribution in [0.3, 0.4) is 0 Å². The molecule has 1 atom stereocenters. The summed E-state index contributed by atoms with van der Waals surface area (Å²) < 4.78 is 4.59. The molecule has 1 rings (SSSR count). The zero-order chi connectivity index (χ0) is 11.3. The molecule has 5 heteroatoms. The van der Waals surface area contributed by atoms with E-state index in [1.807, 2.05) is 13.0 Å². The van der Waals surface area contributed by atoms with E-state index in [0.717, 1.165) is 11.5 Å². The van der Waals surface area contributed by atoms with Gasteiger partial charge in [0.2, 0.25) is 0 Å². The predicted molar refractivity (Wildman–Crippen MR) is 55.1 cm³/mol. The van der Waals surface area contributed by atoms with E-state index in [4.69, 9.17) is 0 Å². The molecule has 82 valence electrons. The van der Waals surface area contributed by atoms with E-state index in [2.05, 4.69) is 20.0 Å². The highest BCUT2D eigenvalue weighted by Gasteiger charge is 2.11. The second-order valence-electron chi connectivity index (χ2n) is 3.22. The molecule has 1 aromatic rings. The zero-order valence-electron chi connectivity index (χ0n) is 9.15. The van der Waals surface area contributed by atoms with Crippen molar-refractivity contribution in [1.29, 1.82) is 0 Å². The van der Waals surface area contributed by atoms with Gasteiger partial charge in [0.25, 0.3) is 0 Å². The summed E-state index contributed by atoms with van der Waals surface area (Å²) >= 11 is 0. The Kier molecular flexibility index (Phi) is 4.17. The lowest BCUT2D eigenvalue weighted by atomic mass is 10.3. The van der Waals surface area contributed by atoms with Gasteiger partial charge in [-0.05, 0) is 19.9 Å². The van der Waals surface area contributed by atoms with Crippen LogP contribution in [0.5, 0.6) is 0 Å². The largest absolute Gasteiger partial charge is 0.468 e. The minimum atomic E-state index is -0.328. The van der Waals surface area contributed by atoms with Crippen molar-refractivity contribution in [3.05, 3.63) is 23.8 Å². The third-order valence-electron chi connectivity index (χ3n) is 1.98. The zero-order valence-corrected chi connectivity index (χ0v) is 9.15. The topological polar surface area (TPSA) is 64.1 Å². The highest BCUT2D eigenvalue weighted by atomic mass is 16.5. The van der Waals surface area contributed by atoms with Crippen LogP contribution >= 0.6 is 0 Å². The first kappa shape index (κ1) is 11.6. The number of hydrogen-bond donors (Lipinski definition) is 1. The molecule has 1 aromatic heterocycles. The number of nitrogens with one attached hydrogen (secondary N) is 1. The van der Waals surface area contributed by atoms with Gasteiger partial charge in [-0.1, -0.05) is 0 Å². The van der Waals surface area contributed by atoms with Gasteiger partial charge in [0.15, 0.2) is 0 Å². The molecule has 0 aliphatic carbocycles. The van der Waals surface area contributed by atoms with Crippen LogP contribution in [0.25, 0.3) is 0 Å². The Morgan fingerprint density at radius 1 is 1.67 bits per heavy atom. The predicted octanol–water partition coefficient (Wildman–Crippen LogP) is 0.436. The van der Waals surface area contributed by atoms with Crippen LogP contribution in [0, 0.1) is 6.92 Å². The maximum Gasteiger partial charge on any atom is 0.322 e. The number of carbonyl (C=O) groups is 1. The van der Waals surface area contributed by atoms with Crippen molar-refractivity contribution < 1.29 is 9.53 Å². The molecule has 0 saturated carbocycles. The molecule has 1 N–H and O–H groups in total. The van der Waals surface area contributed by atoms with E-state index in [1.165, 1.54) is 7.11 Å². The minimum absolute atomic E-state index is 0.277. The fourth-order valence-corrected chi connectivity index (χ4v) is 1.12. The number of hydrogen-bond acceptors (Lipinski definition) is 5. The molecular formula is C10H15N3O2. The third kappa shape index (κ3) is 3.63. The van der Waals surface area contributed by atoms with Gasteiger partial charge in [0, 0.05) is 12.7 Å². The molecule has 0 aliphatic rings. The molecule has 0 bridgehead atoms. The Balaban J connectivity index is 2.47. The molecule has 1 unspecified atom stereocenters. The lowest BCUT2D eigenvalue weighted by Gasteiger charge is -2.10. The van der Waals surface area contributed by atoms with Crippen molar-refractivity contribution in [2.45, 2.75) is 26.4 Å². The molecule has 0 aliphatic heterocycles. The number of nitrogens with zero attached hydrogens (tertiary/aromatic N) is 2. The van der Waals surface area contributed by atoms with Crippen LogP contribution in [0.4, 0.5) is 0 Å². The SMILES string of the molecule is COC(=O)C(C)NCc1ccnc(C)n1. The number of esters is 1. The molecule has 0 spiro atoms. The number of aromatic nitrogens is 2. The van der Waals surface area contributed by atoms with Crippen LogP contribution in [0.2, 0.25) is 0 Å². The molecule has 0 aromatic carbocycles. The van der Waals surface area contributed by atoms with E-state index in [-0.39, 0.29) is 12.0 Å². The van der Waals surface area contributed by atoms with E-state index < -0.39 is 0 Å². The Bertz CT molecular complexity index is 341. The van der Waals surface area contributed by atoms with Crippen molar-refractivity contribution >= 4 is 5.97 Å². The van der Waals surface area contributed by atoms with Crippen molar-refractivity contribution in [3.8, 4) is 0 Å². The maximum atomic E-state index is 11.1. The smallest absolute Gasteiger partial charge is 0.322 e. The Hall–Kier alpha value is -1.49. The summed E-state index contributed by atoms with van der Waals surface area (Å²) in [7, 11) is 1.37. The van der Waals surface area contributed by atoms with Crippen molar-refractivity contribution in [1.82, 2.24) is 15.3 Å². The van der Waals surface area contributed by atoms with Gasteiger partial charge in [-0.3, -0.25) is 10.1 Å². The molecule has 15 heavy (non-hydrogen) atoms. The first-order chi connectivity index (χ1) is 7.13. The summed E-state index contributed by atoms with van der Waals surface area (Å²) in [5.74, 6) is 0.445. The number of aryl methyl sites for hydroxylation is 1. The molecule has 0 saturated heterocycles. The van der Waals surface area contributed by atoms with Gasteiger partial charge in [-0.25, -0.2) is 9.97 Å². The molecule has 5 nitrogen and oxygen atoms in total. The molecule has 0 radical (unpaired) electrons. The Labute approximate surface area is 88.9 Å². The summed E-state index contributed by atoms with van der Waals surface area (Å²) in [5, 5.41) is 3.01. The summed E-state index contributed by atoms with van der Waals surface area (Å²) in [6, 6.07) is 1.48. The van der Waals surface area contributed by atoms with Crippen molar-refractivity contribution in [2.24, 2.45) is 0 Å². The van der Waals surface area contributed by atoms with Crippen LogP contribution in [-0.4, -0.2) is 29.1 Å². The summed E-state index contributed by atoms with van der Waals surface area (Å²) in [4.78, 5) is 19.3. The van der Waals surface area contributed by atoms with Gasteiger partial charge >= 0.3 is 5.97 Å². The van der Waals surface area contributed by atoms with Crippen molar-refractivity contribution in [2.75, 3.05) is 7.11 Å². The third-order valence-corrected chi connectivity index (χ3v) is 1.98. The average molecular weight is 209 g/mol. The second kappa shape index (κ2) is 5.41. The maximum absolute atomic E-state index is 11.1. The molecular weight excluding hydrogens is 194 g/mol. The van der Waals surface area contributed by atoms with Gasteiger partial charge in [0.1, 0.15) is 11.9 Å². The first-order valence-electron chi connectivity index (χ1n) is 4.73. The molecule has 0 amide bonds. The summed E-state index contributed by atoms with van der Waals surface area (Å²) in [6.07, 6.45) is 1.70. The number of carbonyl (C=O) groups excluding carboxylic acids is 1. The number of methoxy groups -OCH3 is 1. The highest BCUT2D eigenvalue weighted by Crippen LogP contribution is 1.95. The van der Waals surface area contributed by atoms with Gasteiger partial charge in [-0.2, -0.15) is 0 Å². The molecule has 1 heterocycles. The second-order valence-corrected chi connectivity index (χ2v) is 3.22. The molecule has 0 fully saturated rings. The Morgan fingerprint density at radius 3 is 3.00 bits per heavy atom. The van der Waals surface area contributed by atoms with Gasteiger partial charge < -0.3 is 4.74 Å². The van der Waals surface area contributed by atoms with Crippen molar-refractivity contribution in [3.63, 3.8) is 0 Å². The summed E-state index contributed by atoms with van der Waals surface area (Å²) in [5.41, 5.74) is 0.859. The first-order valence-corrected chi connectivity index (χ1v) is 4.73. The lowest BCUT2D eigenvalue weighted by molar-refractivity contribution is -0.142. The lowest BCUT2D eigenvalue weighted by Crippen LogP contribution is -2.34. The van der Waals surface area contributed by atoms with E-state index >= 15 is 0 Å². The van der Waals surface area contributed by atoms with Gasteiger partial charge in [0.05, 0.1) is 12.8 Å². The van der Waals surface area contributed by atoms with Crippen LogP contribution in [0.15, 0.2) is 12.3 Å². The van der Waals surface area contributed by atoms with Gasteiger partial charge in [-0.15, -0.1) is 0 Å². The number of ether oxygens (including phenoxy) is 1. The Morgan fingerprint density at radius 2 is 2.40 bits per heavy atom. The summed E-state index contributed by atoms with van der Waals surface area (Å²) in [6.45, 7) is 4.10. The number of rotatable bonds is 4.